The third kappa shape index (κ3) is 2.83. The Kier molecular flexibility index (Phi) is 3.44. The number of hydrogen-bond acceptors (Lipinski definition) is 3. The van der Waals surface area contributed by atoms with Gasteiger partial charge in [0, 0.05) is 5.56 Å². The summed E-state index contributed by atoms with van der Waals surface area (Å²) in [5.41, 5.74) is 1.96. The molecule has 1 saturated heterocycles. The maximum absolute atomic E-state index is 11.8. The van der Waals surface area contributed by atoms with Gasteiger partial charge >= 0.3 is 0 Å². The van der Waals surface area contributed by atoms with Gasteiger partial charge < -0.3 is 4.74 Å². The van der Waals surface area contributed by atoms with Gasteiger partial charge in [0.05, 0.1) is 24.2 Å². The van der Waals surface area contributed by atoms with Crippen LogP contribution in [-0.2, 0) is 4.74 Å². The zero-order chi connectivity index (χ0) is 10.7. The maximum atomic E-state index is 11.8. The Balaban J connectivity index is 1.89. The van der Waals surface area contributed by atoms with Gasteiger partial charge in [0.2, 0.25) is 0 Å². The molecule has 1 aliphatic rings. The normalized spacial score (nSPS) is 16.1. The van der Waals surface area contributed by atoms with Crippen molar-refractivity contribution in [2.75, 3.05) is 19.0 Å². The van der Waals surface area contributed by atoms with Crippen LogP contribution in [-0.4, -0.2) is 30.0 Å². The first kappa shape index (κ1) is 10.7. The van der Waals surface area contributed by atoms with E-state index >= 15 is 0 Å². The molecule has 0 saturated carbocycles. The number of carbonyl (C=O) groups is 1. The summed E-state index contributed by atoms with van der Waals surface area (Å²) in [4.78, 5) is 11.8. The first-order valence-corrected chi connectivity index (χ1v) is 6.10. The third-order valence-corrected chi connectivity index (χ3v) is 3.57. The standard InChI is InChI=1S/C12H14O2S/c1-9-3-2-4-10(5-9)12(13)8-15-11-6-14-7-11/h2-5,11H,6-8H2,1H3. The van der Waals surface area contributed by atoms with Gasteiger partial charge in [0.1, 0.15) is 0 Å². The van der Waals surface area contributed by atoms with Crippen LogP contribution < -0.4 is 0 Å². The fraction of sp³-hybridized carbons (Fsp3) is 0.417. The van der Waals surface area contributed by atoms with Gasteiger partial charge in [-0.15, -0.1) is 11.8 Å². The second kappa shape index (κ2) is 4.81. The van der Waals surface area contributed by atoms with Gasteiger partial charge in [-0.3, -0.25) is 4.79 Å². The van der Waals surface area contributed by atoms with Crippen molar-refractivity contribution in [1.29, 1.82) is 0 Å². The average Bonchev–Trinajstić information content (AvgIpc) is 2.15. The van der Waals surface area contributed by atoms with E-state index < -0.39 is 0 Å². The lowest BCUT2D eigenvalue weighted by Crippen LogP contribution is -2.31. The lowest BCUT2D eigenvalue weighted by molar-refractivity contribution is 0.0455. The van der Waals surface area contributed by atoms with Crippen molar-refractivity contribution in [2.24, 2.45) is 0 Å². The SMILES string of the molecule is Cc1cccc(C(=O)CSC2COC2)c1. The molecule has 1 aliphatic heterocycles. The minimum Gasteiger partial charge on any atom is -0.379 e. The van der Waals surface area contributed by atoms with Crippen LogP contribution in [0.15, 0.2) is 24.3 Å². The molecule has 15 heavy (non-hydrogen) atoms. The van der Waals surface area contributed by atoms with Crippen molar-refractivity contribution in [3.8, 4) is 0 Å². The topological polar surface area (TPSA) is 26.3 Å². The van der Waals surface area contributed by atoms with Gasteiger partial charge in [-0.25, -0.2) is 0 Å². The van der Waals surface area contributed by atoms with Crippen molar-refractivity contribution in [1.82, 2.24) is 0 Å². The zero-order valence-electron chi connectivity index (χ0n) is 8.73. The third-order valence-electron chi connectivity index (χ3n) is 2.40. The summed E-state index contributed by atoms with van der Waals surface area (Å²) in [5.74, 6) is 0.785. The Hall–Kier alpha value is -0.800. The molecule has 3 heteroatoms. The Morgan fingerprint density at radius 2 is 2.33 bits per heavy atom. The molecule has 2 rings (SSSR count). The number of rotatable bonds is 4. The van der Waals surface area contributed by atoms with Crippen LogP contribution in [0, 0.1) is 6.92 Å². The molecule has 0 N–H and O–H groups in total. The van der Waals surface area contributed by atoms with E-state index in [9.17, 15) is 4.79 Å². The van der Waals surface area contributed by atoms with E-state index in [0.29, 0.717) is 11.0 Å². The summed E-state index contributed by atoms with van der Waals surface area (Å²) in [5, 5.41) is 0.527. The summed E-state index contributed by atoms with van der Waals surface area (Å²) < 4.78 is 5.06. The molecule has 1 heterocycles. The molecular formula is C12H14O2S. The molecule has 0 amide bonds. The van der Waals surface area contributed by atoms with Gasteiger partial charge in [-0.2, -0.15) is 0 Å². The Morgan fingerprint density at radius 1 is 1.53 bits per heavy atom. The minimum atomic E-state index is 0.218. The molecule has 0 radical (unpaired) electrons. The summed E-state index contributed by atoms with van der Waals surface area (Å²) >= 11 is 1.70. The minimum absolute atomic E-state index is 0.218. The molecule has 80 valence electrons. The lowest BCUT2D eigenvalue weighted by Gasteiger charge is -2.24. The number of ketones is 1. The van der Waals surface area contributed by atoms with Crippen LogP contribution in [0.5, 0.6) is 0 Å². The van der Waals surface area contributed by atoms with Gasteiger partial charge in [-0.1, -0.05) is 23.8 Å². The number of carbonyl (C=O) groups excluding carboxylic acids is 1. The fourth-order valence-corrected chi connectivity index (χ4v) is 2.34. The Labute approximate surface area is 94.0 Å². The van der Waals surface area contributed by atoms with Gasteiger partial charge in [-0.05, 0) is 13.0 Å². The van der Waals surface area contributed by atoms with E-state index in [1.807, 2.05) is 31.2 Å². The summed E-state index contributed by atoms with van der Waals surface area (Å²) in [6.07, 6.45) is 0. The molecule has 0 aliphatic carbocycles. The molecule has 0 atom stereocenters. The first-order chi connectivity index (χ1) is 7.25. The van der Waals surface area contributed by atoms with Crippen LogP contribution >= 0.6 is 11.8 Å². The number of aryl methyl sites for hydroxylation is 1. The van der Waals surface area contributed by atoms with Crippen molar-refractivity contribution in [3.05, 3.63) is 35.4 Å². The monoisotopic (exact) mass is 222 g/mol. The van der Waals surface area contributed by atoms with E-state index in [2.05, 4.69) is 0 Å². The maximum Gasteiger partial charge on any atom is 0.172 e. The van der Waals surface area contributed by atoms with Crippen molar-refractivity contribution >= 4 is 17.5 Å². The summed E-state index contributed by atoms with van der Waals surface area (Å²) in [6, 6.07) is 7.76. The van der Waals surface area contributed by atoms with E-state index in [1.165, 1.54) is 0 Å². The molecule has 0 spiro atoms. The molecule has 1 aromatic rings. The summed E-state index contributed by atoms with van der Waals surface area (Å²) in [7, 11) is 0. The van der Waals surface area contributed by atoms with E-state index in [1.54, 1.807) is 11.8 Å². The van der Waals surface area contributed by atoms with E-state index in [0.717, 1.165) is 24.3 Å². The number of Topliss-reactive ketones (excluding diaryl/α,β-unsaturated/α-hetero) is 1. The van der Waals surface area contributed by atoms with Crippen molar-refractivity contribution in [3.63, 3.8) is 0 Å². The smallest absolute Gasteiger partial charge is 0.172 e. The number of benzene rings is 1. The Bertz CT molecular complexity index is 358. The quantitative estimate of drug-likeness (QED) is 0.731. The highest BCUT2D eigenvalue weighted by atomic mass is 32.2. The molecule has 0 bridgehead atoms. The second-order valence-corrected chi connectivity index (χ2v) is 5.05. The number of ether oxygens (including phenoxy) is 1. The van der Waals surface area contributed by atoms with Crippen LogP contribution in [0.4, 0.5) is 0 Å². The summed E-state index contributed by atoms with van der Waals surface area (Å²) in [6.45, 7) is 3.60. The van der Waals surface area contributed by atoms with Crippen LogP contribution in [0.25, 0.3) is 0 Å². The van der Waals surface area contributed by atoms with Crippen LogP contribution in [0.2, 0.25) is 0 Å². The zero-order valence-corrected chi connectivity index (χ0v) is 9.55. The number of thioether (sulfide) groups is 1. The molecule has 0 unspecified atom stereocenters. The molecule has 0 aromatic heterocycles. The highest BCUT2D eigenvalue weighted by molar-refractivity contribution is 8.00. The average molecular weight is 222 g/mol. The van der Waals surface area contributed by atoms with Crippen molar-refractivity contribution < 1.29 is 9.53 Å². The van der Waals surface area contributed by atoms with Crippen LogP contribution in [0.3, 0.4) is 0 Å². The predicted octanol–water partition coefficient (Wildman–Crippen LogP) is 2.31. The molecular weight excluding hydrogens is 208 g/mol. The van der Waals surface area contributed by atoms with Gasteiger partial charge in [0.15, 0.2) is 5.78 Å². The molecule has 1 aromatic carbocycles. The number of hydrogen-bond donors (Lipinski definition) is 0. The lowest BCUT2D eigenvalue weighted by atomic mass is 10.1. The predicted molar refractivity (Wildman–Crippen MR) is 62.6 cm³/mol. The highest BCUT2D eigenvalue weighted by Crippen LogP contribution is 2.20. The second-order valence-electron chi connectivity index (χ2n) is 3.76. The van der Waals surface area contributed by atoms with Gasteiger partial charge in [0.25, 0.3) is 0 Å². The highest BCUT2D eigenvalue weighted by Gasteiger charge is 2.20. The molecule has 1 fully saturated rings. The largest absolute Gasteiger partial charge is 0.379 e. The fourth-order valence-electron chi connectivity index (χ4n) is 1.41. The van der Waals surface area contributed by atoms with Crippen LogP contribution in [0.1, 0.15) is 15.9 Å². The first-order valence-electron chi connectivity index (χ1n) is 5.05. The van der Waals surface area contributed by atoms with E-state index in [4.69, 9.17) is 4.74 Å². The van der Waals surface area contributed by atoms with Crippen molar-refractivity contribution in [2.45, 2.75) is 12.2 Å². The van der Waals surface area contributed by atoms with E-state index in [-0.39, 0.29) is 5.78 Å². The Morgan fingerprint density at radius 3 is 2.93 bits per heavy atom. The molecule has 2 nitrogen and oxygen atoms in total.